The molecule has 9 rings (SSSR count). The van der Waals surface area contributed by atoms with Crippen molar-refractivity contribution in [3.8, 4) is 17.0 Å². The molecular weight excluding hydrogens is 703 g/mol. The number of fused-ring (bicyclic) bond motifs is 6. The van der Waals surface area contributed by atoms with Crippen LogP contribution in [-0.2, 0) is 21.3 Å². The maximum atomic E-state index is 14.6. The molecule has 12 heteroatoms. The predicted octanol–water partition coefficient (Wildman–Crippen LogP) is 7.31. The van der Waals surface area contributed by atoms with Gasteiger partial charge in [0.15, 0.2) is 0 Å². The topological polar surface area (TPSA) is 125 Å². The van der Waals surface area contributed by atoms with E-state index in [4.69, 9.17) is 14.6 Å². The highest BCUT2D eigenvalue weighted by Gasteiger charge is 2.43. The average molecular weight is 752 g/mol. The lowest BCUT2D eigenvalue weighted by molar-refractivity contribution is -0.143. The number of ether oxygens (including phenoxy) is 2. The number of piperidine rings is 1. The van der Waals surface area contributed by atoms with Gasteiger partial charge in [-0.25, -0.2) is 13.1 Å². The van der Waals surface area contributed by atoms with Crippen LogP contribution in [0.1, 0.15) is 128 Å². The zero-order valence-corrected chi connectivity index (χ0v) is 32.2. The van der Waals surface area contributed by atoms with Crippen LogP contribution >= 0.6 is 0 Å². The highest BCUT2D eigenvalue weighted by Crippen LogP contribution is 2.48. The molecule has 11 nitrogen and oxygen atoms in total. The molecule has 1 N–H and O–H groups in total. The van der Waals surface area contributed by atoms with E-state index in [-0.39, 0.29) is 29.7 Å². The minimum atomic E-state index is -3.84. The molecule has 2 aromatic carbocycles. The summed E-state index contributed by atoms with van der Waals surface area (Å²) < 4.78 is 43.9. The summed E-state index contributed by atoms with van der Waals surface area (Å²) in [6, 6.07) is 12.1. The molecule has 3 aliphatic heterocycles. The fraction of sp³-hybridized carbons (Fsp3) is 0.500. The summed E-state index contributed by atoms with van der Waals surface area (Å²) >= 11 is 0. The standard InChI is InChI=1S/C42H49N5O6S/c1-25(2)54(50,51)44-41(48)27-14-16-33-35(21-27)46-23-29(19-28-20-31(52-3)15-17-32(28)40(46)38(33)26-9-5-4-6-10-26)39-34(22-43-47(39)30-11-7-12-30)42(49)45-18-8-13-37-36(45)24-53-37/h14-17,19-22,25-26,30,36-37H,4-13,18,23-24H2,1-3H3,(H,44,48). The Bertz CT molecular complexity index is 2290. The van der Waals surface area contributed by atoms with Gasteiger partial charge in [-0.05, 0) is 118 Å². The SMILES string of the molecule is COc1ccc2c(c1)C=C(c1c(C(=O)N3CCCC4OCC43)cnn1C1CCC1)Cn1c-2c(C2CCCCC2)c2ccc(C(=O)NS(=O)(=O)C(C)C)cc21. The van der Waals surface area contributed by atoms with Crippen LogP contribution in [0.5, 0.6) is 5.75 Å². The number of rotatable bonds is 8. The number of amides is 2. The van der Waals surface area contributed by atoms with Crippen molar-refractivity contribution >= 4 is 44.4 Å². The van der Waals surface area contributed by atoms with Crippen molar-refractivity contribution in [2.24, 2.45) is 0 Å². The second-order valence-electron chi connectivity index (χ2n) is 16.1. The van der Waals surface area contributed by atoms with Gasteiger partial charge in [0.25, 0.3) is 11.8 Å². The third-order valence-electron chi connectivity index (χ3n) is 12.6. The first-order valence-electron chi connectivity index (χ1n) is 19.7. The van der Waals surface area contributed by atoms with Crippen LogP contribution in [0.2, 0.25) is 0 Å². The molecule has 4 fully saturated rings. The van der Waals surface area contributed by atoms with Gasteiger partial charge in [-0.2, -0.15) is 5.10 Å². The van der Waals surface area contributed by atoms with E-state index in [1.807, 2.05) is 23.1 Å². The maximum Gasteiger partial charge on any atom is 0.264 e. The number of aromatic nitrogens is 3. The summed E-state index contributed by atoms with van der Waals surface area (Å²) in [4.78, 5) is 30.2. The maximum absolute atomic E-state index is 14.6. The van der Waals surface area contributed by atoms with Crippen LogP contribution in [-0.4, -0.2) is 77.1 Å². The summed E-state index contributed by atoms with van der Waals surface area (Å²) in [5.74, 6) is 0.414. The average Bonchev–Trinajstić information content (AvgIpc) is 3.64. The first kappa shape index (κ1) is 35.3. The number of nitrogens with zero attached hydrogens (tertiary/aromatic N) is 4. The number of sulfonamides is 1. The Morgan fingerprint density at radius 1 is 0.963 bits per heavy atom. The molecule has 2 aliphatic carbocycles. The summed E-state index contributed by atoms with van der Waals surface area (Å²) in [6.45, 7) is 4.80. The van der Waals surface area contributed by atoms with Crippen molar-refractivity contribution < 1.29 is 27.5 Å². The smallest absolute Gasteiger partial charge is 0.264 e. The fourth-order valence-corrected chi connectivity index (χ4v) is 9.91. The highest BCUT2D eigenvalue weighted by molar-refractivity contribution is 7.90. The van der Waals surface area contributed by atoms with Crippen molar-refractivity contribution in [1.29, 1.82) is 0 Å². The molecule has 2 amide bonds. The van der Waals surface area contributed by atoms with Crippen LogP contribution in [0.25, 0.3) is 33.8 Å². The number of allylic oxidation sites excluding steroid dienone is 1. The monoisotopic (exact) mass is 751 g/mol. The molecule has 2 saturated carbocycles. The number of likely N-dealkylation sites (tertiary alicyclic amines) is 1. The Morgan fingerprint density at radius 2 is 1.78 bits per heavy atom. The van der Waals surface area contributed by atoms with Gasteiger partial charge in [0.1, 0.15) is 5.75 Å². The molecule has 284 valence electrons. The van der Waals surface area contributed by atoms with Gasteiger partial charge in [-0.15, -0.1) is 0 Å². The Hall–Kier alpha value is -4.42. The lowest BCUT2D eigenvalue weighted by Gasteiger charge is -2.47. The van der Waals surface area contributed by atoms with Gasteiger partial charge < -0.3 is 18.9 Å². The second-order valence-corrected chi connectivity index (χ2v) is 18.3. The van der Waals surface area contributed by atoms with Crippen LogP contribution in [0, 0.1) is 0 Å². The third-order valence-corrected chi connectivity index (χ3v) is 14.3. The number of hydrogen-bond donors (Lipinski definition) is 1. The van der Waals surface area contributed by atoms with Gasteiger partial charge in [0, 0.05) is 28.6 Å². The first-order valence-corrected chi connectivity index (χ1v) is 21.3. The highest BCUT2D eigenvalue weighted by atomic mass is 32.2. The molecule has 5 heterocycles. The number of benzene rings is 2. The lowest BCUT2D eigenvalue weighted by atomic mass is 9.81. The van der Waals surface area contributed by atoms with Gasteiger partial charge in [0.05, 0.1) is 66.8 Å². The second kappa shape index (κ2) is 13.7. The molecule has 2 saturated heterocycles. The number of hydrogen-bond acceptors (Lipinski definition) is 7. The predicted molar refractivity (Wildman–Crippen MR) is 208 cm³/mol. The van der Waals surface area contributed by atoms with Gasteiger partial charge in [-0.3, -0.25) is 14.3 Å². The molecule has 2 aromatic heterocycles. The van der Waals surface area contributed by atoms with Crippen molar-refractivity contribution in [3.05, 3.63) is 70.5 Å². The first-order chi connectivity index (χ1) is 26.1. The summed E-state index contributed by atoms with van der Waals surface area (Å²) in [7, 11) is -2.16. The number of nitrogens with one attached hydrogen (secondary N) is 1. The van der Waals surface area contributed by atoms with Crippen molar-refractivity contribution in [2.45, 2.75) is 114 Å². The number of methoxy groups -OCH3 is 1. The molecular formula is C42H49N5O6S. The fourth-order valence-electron chi connectivity index (χ4n) is 9.30. The molecule has 54 heavy (non-hydrogen) atoms. The molecule has 0 radical (unpaired) electrons. The zero-order chi connectivity index (χ0) is 37.3. The number of carbonyl (C=O) groups is 2. The molecule has 2 unspecified atom stereocenters. The van der Waals surface area contributed by atoms with Crippen molar-refractivity contribution in [2.75, 3.05) is 20.3 Å². The van der Waals surface area contributed by atoms with Crippen molar-refractivity contribution in [3.63, 3.8) is 0 Å². The van der Waals surface area contributed by atoms with Crippen molar-refractivity contribution in [1.82, 2.24) is 24.0 Å². The third kappa shape index (κ3) is 5.87. The molecule has 4 aromatic rings. The van der Waals surface area contributed by atoms with E-state index < -0.39 is 21.2 Å². The Morgan fingerprint density at radius 3 is 2.48 bits per heavy atom. The van der Waals surface area contributed by atoms with Crippen LogP contribution in [0.15, 0.2) is 42.6 Å². The molecule has 2 atom stereocenters. The Balaban J connectivity index is 1.25. The zero-order valence-electron chi connectivity index (χ0n) is 31.3. The molecule has 0 bridgehead atoms. The van der Waals surface area contributed by atoms with Crippen LogP contribution in [0.4, 0.5) is 0 Å². The van der Waals surface area contributed by atoms with E-state index in [9.17, 15) is 18.0 Å². The number of carbonyl (C=O) groups excluding carboxylic acids is 2. The quantitative estimate of drug-likeness (QED) is 0.200. The Kier molecular flexibility index (Phi) is 8.96. The van der Waals surface area contributed by atoms with Crippen LogP contribution < -0.4 is 9.46 Å². The van der Waals surface area contributed by atoms with E-state index in [1.54, 1.807) is 33.2 Å². The van der Waals surface area contributed by atoms with Crippen LogP contribution in [0.3, 0.4) is 0 Å². The van der Waals surface area contributed by atoms with E-state index in [0.717, 1.165) is 103 Å². The van der Waals surface area contributed by atoms with E-state index in [0.29, 0.717) is 31.2 Å². The van der Waals surface area contributed by atoms with Gasteiger partial charge in [0.2, 0.25) is 10.0 Å². The van der Waals surface area contributed by atoms with Gasteiger partial charge in [-0.1, -0.05) is 25.3 Å². The Labute approximate surface area is 316 Å². The van der Waals surface area contributed by atoms with E-state index in [2.05, 4.69) is 32.2 Å². The minimum Gasteiger partial charge on any atom is -0.497 e. The van der Waals surface area contributed by atoms with E-state index in [1.165, 1.54) is 12.0 Å². The van der Waals surface area contributed by atoms with E-state index >= 15 is 0 Å². The van der Waals surface area contributed by atoms with Gasteiger partial charge >= 0.3 is 0 Å². The summed E-state index contributed by atoms with van der Waals surface area (Å²) in [5, 5.41) is 5.26. The normalized spacial score (nSPS) is 21.7. The summed E-state index contributed by atoms with van der Waals surface area (Å²) in [5.41, 5.74) is 7.97. The summed E-state index contributed by atoms with van der Waals surface area (Å²) in [6.07, 6.45) is 14.7. The molecule has 5 aliphatic rings. The largest absolute Gasteiger partial charge is 0.497 e. The minimum absolute atomic E-state index is 0.00427. The molecule has 0 spiro atoms. The lowest BCUT2D eigenvalue weighted by Crippen LogP contribution is -2.61.